The summed E-state index contributed by atoms with van der Waals surface area (Å²) in [6.07, 6.45) is 5.32. The molecule has 1 aliphatic heterocycles. The monoisotopic (exact) mass is 399 g/mol. The van der Waals surface area contributed by atoms with E-state index in [9.17, 15) is 9.59 Å². The van der Waals surface area contributed by atoms with Gasteiger partial charge in [0.15, 0.2) is 0 Å². The van der Waals surface area contributed by atoms with Crippen molar-refractivity contribution in [2.45, 2.75) is 31.8 Å². The van der Waals surface area contributed by atoms with Gasteiger partial charge in [0.05, 0.1) is 24.3 Å². The Balaban J connectivity index is 1.45. The smallest absolute Gasteiger partial charge is 0.306 e. The summed E-state index contributed by atoms with van der Waals surface area (Å²) in [5.41, 5.74) is 6.57. The number of carbonyl (C=O) groups excluding carboxylic acids is 1. The van der Waals surface area contributed by atoms with Gasteiger partial charge in [0, 0.05) is 6.07 Å². The number of hydrogen-bond donors (Lipinski definition) is 2. The maximum atomic E-state index is 12.9. The molecule has 0 aromatic carbocycles. The van der Waals surface area contributed by atoms with Gasteiger partial charge in [0.25, 0.3) is 5.91 Å². The zero-order chi connectivity index (χ0) is 20.4. The molecule has 3 N–H and O–H groups in total. The van der Waals surface area contributed by atoms with Crippen molar-refractivity contribution in [2.75, 3.05) is 23.8 Å². The number of carboxylic acids is 1. The van der Waals surface area contributed by atoms with E-state index < -0.39 is 5.97 Å². The van der Waals surface area contributed by atoms with Gasteiger partial charge < -0.3 is 25.2 Å². The Labute approximate surface area is 166 Å². The van der Waals surface area contributed by atoms with Gasteiger partial charge in [0.2, 0.25) is 11.8 Å². The molecule has 10 nitrogen and oxygen atoms in total. The quantitative estimate of drug-likeness (QED) is 0.782. The number of carbonyl (C=O) groups is 2. The fourth-order valence-electron chi connectivity index (χ4n) is 3.61. The Bertz CT molecular complexity index is 912. The molecule has 1 aliphatic carbocycles. The number of nitrogens with zero attached hydrogens (tertiary/aromatic N) is 4. The van der Waals surface area contributed by atoms with Crippen LogP contribution in [0.2, 0.25) is 0 Å². The first kappa shape index (κ1) is 18.9. The molecule has 0 unspecified atom stereocenters. The highest BCUT2D eigenvalue weighted by atomic mass is 16.5. The van der Waals surface area contributed by atoms with E-state index in [2.05, 4.69) is 15.0 Å². The van der Waals surface area contributed by atoms with Crippen molar-refractivity contribution in [2.24, 2.45) is 5.92 Å². The van der Waals surface area contributed by atoms with E-state index in [-0.39, 0.29) is 41.8 Å². The Morgan fingerprint density at radius 1 is 1.21 bits per heavy atom. The number of ether oxygens (including phenoxy) is 2. The highest BCUT2D eigenvalue weighted by molar-refractivity contribution is 6.10. The largest absolute Gasteiger partial charge is 0.481 e. The van der Waals surface area contributed by atoms with Crippen LogP contribution in [0.3, 0.4) is 0 Å². The summed E-state index contributed by atoms with van der Waals surface area (Å²) in [5.74, 6) is -0.704. The number of aliphatic carboxylic acids is 1. The Morgan fingerprint density at radius 2 is 2.00 bits per heavy atom. The van der Waals surface area contributed by atoms with Gasteiger partial charge in [-0.15, -0.1) is 0 Å². The molecule has 1 saturated carbocycles. The van der Waals surface area contributed by atoms with E-state index in [4.69, 9.17) is 20.3 Å². The number of hydrogen-bond acceptors (Lipinski definition) is 8. The highest BCUT2D eigenvalue weighted by Gasteiger charge is 2.29. The molecule has 2 aromatic heterocycles. The third-order valence-electron chi connectivity index (χ3n) is 5.20. The van der Waals surface area contributed by atoms with Crippen LogP contribution in [0.4, 0.5) is 11.5 Å². The molecule has 0 bridgehead atoms. The van der Waals surface area contributed by atoms with Crippen molar-refractivity contribution in [3.8, 4) is 11.8 Å². The van der Waals surface area contributed by atoms with E-state index in [1.807, 2.05) is 0 Å². The lowest BCUT2D eigenvalue weighted by atomic mass is 9.87. The minimum atomic E-state index is -0.746. The van der Waals surface area contributed by atoms with Crippen LogP contribution in [0, 0.1) is 5.92 Å². The number of aromatic nitrogens is 3. The van der Waals surface area contributed by atoms with Gasteiger partial charge in [-0.25, -0.2) is 15.0 Å². The second-order valence-corrected chi connectivity index (χ2v) is 7.03. The molecule has 1 fully saturated rings. The molecular formula is C19H21N5O5. The van der Waals surface area contributed by atoms with Gasteiger partial charge in [-0.2, -0.15) is 0 Å². The zero-order valence-corrected chi connectivity index (χ0v) is 15.7. The molecular weight excluding hydrogens is 378 g/mol. The molecule has 0 saturated heterocycles. The number of nitrogens with two attached hydrogens (primary N) is 1. The second-order valence-electron chi connectivity index (χ2n) is 7.03. The van der Waals surface area contributed by atoms with E-state index in [0.29, 0.717) is 43.8 Å². The lowest BCUT2D eigenvalue weighted by Gasteiger charge is -2.26. The SMILES string of the molecule is Nc1ncnc2c1C(=O)N(c1ccc(OC3CCC(C(=O)O)CC3)nc1)CCO2. The molecule has 4 rings (SSSR count). The summed E-state index contributed by atoms with van der Waals surface area (Å²) >= 11 is 0. The Kier molecular flexibility index (Phi) is 5.15. The maximum absolute atomic E-state index is 12.9. The van der Waals surface area contributed by atoms with Crippen molar-refractivity contribution >= 4 is 23.4 Å². The lowest BCUT2D eigenvalue weighted by Crippen LogP contribution is -2.33. The van der Waals surface area contributed by atoms with E-state index in [1.165, 1.54) is 11.2 Å². The van der Waals surface area contributed by atoms with Crippen molar-refractivity contribution in [1.29, 1.82) is 0 Å². The minimum Gasteiger partial charge on any atom is -0.481 e. The number of amides is 1. The van der Waals surface area contributed by atoms with E-state index >= 15 is 0 Å². The lowest BCUT2D eigenvalue weighted by molar-refractivity contribution is -0.143. The molecule has 2 aromatic rings. The summed E-state index contributed by atoms with van der Waals surface area (Å²) in [6, 6.07) is 3.44. The molecule has 10 heteroatoms. The fourth-order valence-corrected chi connectivity index (χ4v) is 3.61. The van der Waals surface area contributed by atoms with Gasteiger partial charge in [0.1, 0.15) is 30.4 Å². The van der Waals surface area contributed by atoms with Crippen LogP contribution in [-0.2, 0) is 4.79 Å². The predicted molar refractivity (Wildman–Crippen MR) is 102 cm³/mol. The zero-order valence-electron chi connectivity index (χ0n) is 15.7. The average Bonchev–Trinajstić information content (AvgIpc) is 2.89. The topological polar surface area (TPSA) is 141 Å². The van der Waals surface area contributed by atoms with Crippen LogP contribution in [0.5, 0.6) is 11.8 Å². The number of fused-ring (bicyclic) bond motifs is 1. The van der Waals surface area contributed by atoms with Gasteiger partial charge in [-0.3, -0.25) is 9.59 Å². The number of rotatable bonds is 4. The first-order valence-corrected chi connectivity index (χ1v) is 9.43. The van der Waals surface area contributed by atoms with Crippen LogP contribution in [0.25, 0.3) is 0 Å². The molecule has 1 amide bonds. The molecule has 29 heavy (non-hydrogen) atoms. The average molecular weight is 399 g/mol. The molecule has 0 spiro atoms. The third-order valence-corrected chi connectivity index (χ3v) is 5.20. The van der Waals surface area contributed by atoms with E-state index in [0.717, 1.165) is 0 Å². The van der Waals surface area contributed by atoms with Crippen LogP contribution in [-0.4, -0.2) is 51.2 Å². The predicted octanol–water partition coefficient (Wildman–Crippen LogP) is 1.52. The van der Waals surface area contributed by atoms with Crippen molar-refractivity contribution in [3.05, 3.63) is 30.2 Å². The van der Waals surface area contributed by atoms with Crippen molar-refractivity contribution in [3.63, 3.8) is 0 Å². The maximum Gasteiger partial charge on any atom is 0.306 e. The van der Waals surface area contributed by atoms with Crippen LogP contribution in [0.1, 0.15) is 36.0 Å². The van der Waals surface area contributed by atoms with Gasteiger partial charge in [-0.1, -0.05) is 0 Å². The summed E-state index contributed by atoms with van der Waals surface area (Å²) in [4.78, 5) is 37.7. The van der Waals surface area contributed by atoms with Gasteiger partial charge >= 0.3 is 5.97 Å². The summed E-state index contributed by atoms with van der Waals surface area (Å²) < 4.78 is 11.4. The van der Waals surface area contributed by atoms with Crippen LogP contribution < -0.4 is 20.1 Å². The Hall–Kier alpha value is -3.43. The molecule has 0 radical (unpaired) electrons. The van der Waals surface area contributed by atoms with Crippen molar-refractivity contribution < 1.29 is 24.2 Å². The number of carboxylic acid groups (broad SMARTS) is 1. The minimum absolute atomic E-state index is 0.0546. The first-order valence-electron chi connectivity index (χ1n) is 9.43. The number of nitrogen functional groups attached to an aromatic ring is 1. The summed E-state index contributed by atoms with van der Waals surface area (Å²) in [7, 11) is 0. The highest BCUT2D eigenvalue weighted by Crippen LogP contribution is 2.29. The molecule has 3 heterocycles. The van der Waals surface area contributed by atoms with E-state index in [1.54, 1.807) is 18.3 Å². The third kappa shape index (κ3) is 3.91. The first-order chi connectivity index (χ1) is 14.0. The summed E-state index contributed by atoms with van der Waals surface area (Å²) in [6.45, 7) is 0.579. The normalized spacial score (nSPS) is 21.7. The van der Waals surface area contributed by atoms with Gasteiger partial charge in [-0.05, 0) is 31.7 Å². The fraction of sp³-hybridized carbons (Fsp3) is 0.421. The molecule has 2 aliphatic rings. The van der Waals surface area contributed by atoms with Crippen molar-refractivity contribution in [1.82, 2.24) is 15.0 Å². The van der Waals surface area contributed by atoms with Crippen LogP contribution >= 0.6 is 0 Å². The standard InChI is InChI=1S/C19H21N5O5/c20-16-15-17(23-10-22-16)28-8-7-24(18(15)25)12-3-6-14(21-9-12)29-13-4-1-11(2-5-13)19(26)27/h3,6,9-11,13H,1-2,4-5,7-8H2,(H,26,27)(H2,20,22,23). The molecule has 152 valence electrons. The number of pyridine rings is 1. The summed E-state index contributed by atoms with van der Waals surface area (Å²) in [5, 5.41) is 9.08. The Morgan fingerprint density at radius 3 is 2.69 bits per heavy atom. The number of anilines is 2. The second kappa shape index (κ2) is 7.90. The van der Waals surface area contributed by atoms with Crippen LogP contribution in [0.15, 0.2) is 24.7 Å². The molecule has 0 atom stereocenters.